The molecular formula is C24H27F4N3O4S. The van der Waals surface area contributed by atoms with E-state index in [1.165, 1.54) is 19.9 Å². The van der Waals surface area contributed by atoms with Crippen LogP contribution in [0.5, 0.6) is 5.75 Å². The van der Waals surface area contributed by atoms with Gasteiger partial charge in [-0.2, -0.15) is 13.2 Å². The second-order valence-corrected chi connectivity index (χ2v) is 11.8. The Bertz CT molecular complexity index is 1230. The number of nitrogens with zero attached hydrogens (tertiary/aromatic N) is 2. The van der Waals surface area contributed by atoms with Crippen molar-refractivity contribution in [1.82, 2.24) is 10.3 Å². The van der Waals surface area contributed by atoms with E-state index in [2.05, 4.69) is 15.2 Å². The minimum Gasteiger partial charge on any atom is -0.477 e. The largest absolute Gasteiger partial charge is 0.477 e. The van der Waals surface area contributed by atoms with Gasteiger partial charge < -0.3 is 15.0 Å². The van der Waals surface area contributed by atoms with E-state index in [9.17, 15) is 30.8 Å². The van der Waals surface area contributed by atoms with Crippen LogP contribution in [0.3, 0.4) is 0 Å². The van der Waals surface area contributed by atoms with Crippen molar-refractivity contribution in [2.45, 2.75) is 74.5 Å². The van der Waals surface area contributed by atoms with E-state index in [0.29, 0.717) is 18.9 Å². The van der Waals surface area contributed by atoms with Crippen molar-refractivity contribution in [1.29, 1.82) is 0 Å². The maximum Gasteiger partial charge on any atom is 0.420 e. The summed E-state index contributed by atoms with van der Waals surface area (Å²) in [5.74, 6) is -2.25. The average Bonchev–Trinajstić information content (AvgIpc) is 3.04. The molecule has 2 aliphatic heterocycles. The van der Waals surface area contributed by atoms with Crippen molar-refractivity contribution in [3.05, 3.63) is 47.9 Å². The molecule has 2 unspecified atom stereocenters. The third kappa shape index (κ3) is 5.42. The predicted molar refractivity (Wildman–Crippen MR) is 124 cm³/mol. The van der Waals surface area contributed by atoms with E-state index >= 15 is 0 Å². The quantitative estimate of drug-likeness (QED) is 0.567. The molecule has 0 spiro atoms. The molecule has 2 aromatic rings. The number of alkyl halides is 3. The third-order valence-corrected chi connectivity index (χ3v) is 7.63. The lowest BCUT2D eigenvalue weighted by molar-refractivity contribution is -0.144. The average molecular weight is 530 g/mol. The zero-order valence-electron chi connectivity index (χ0n) is 20.0. The molecule has 0 aliphatic carbocycles. The number of fused-ring (bicyclic) bond motifs is 2. The summed E-state index contributed by atoms with van der Waals surface area (Å²) in [6, 6.07) is 5.24. The van der Waals surface area contributed by atoms with Gasteiger partial charge in [0.05, 0.1) is 11.9 Å². The predicted octanol–water partition coefficient (Wildman–Crippen LogP) is 4.12. The summed E-state index contributed by atoms with van der Waals surface area (Å²) < 4.78 is 82.3. The Hall–Kier alpha value is -2.89. The lowest BCUT2D eigenvalue weighted by atomic mass is 9.95. The van der Waals surface area contributed by atoms with Gasteiger partial charge in [-0.3, -0.25) is 4.79 Å². The summed E-state index contributed by atoms with van der Waals surface area (Å²) in [4.78, 5) is 19.3. The zero-order chi connectivity index (χ0) is 26.5. The summed E-state index contributed by atoms with van der Waals surface area (Å²) in [5.41, 5.74) is -2.12. The normalized spacial score (nSPS) is 22.4. The number of carbonyl (C=O) groups is 1. The highest BCUT2D eigenvalue weighted by Gasteiger charge is 2.43. The molecular weight excluding hydrogens is 502 g/mol. The highest BCUT2D eigenvalue weighted by molar-refractivity contribution is 7.90. The second kappa shape index (κ2) is 9.20. The van der Waals surface area contributed by atoms with Gasteiger partial charge in [-0.15, -0.1) is 0 Å². The number of benzene rings is 1. The molecule has 2 atom stereocenters. The van der Waals surface area contributed by atoms with Crippen LogP contribution in [0.1, 0.15) is 45.1 Å². The number of amides is 1. The van der Waals surface area contributed by atoms with Crippen LogP contribution in [0.2, 0.25) is 0 Å². The van der Waals surface area contributed by atoms with Gasteiger partial charge in [0.1, 0.15) is 17.1 Å². The first kappa shape index (κ1) is 26.2. The number of anilines is 1. The van der Waals surface area contributed by atoms with Gasteiger partial charge in [0.25, 0.3) is 5.91 Å². The molecule has 4 rings (SSSR count). The molecule has 0 saturated carbocycles. The van der Waals surface area contributed by atoms with Crippen LogP contribution in [0.4, 0.5) is 23.2 Å². The van der Waals surface area contributed by atoms with Crippen LogP contribution >= 0.6 is 0 Å². The summed E-state index contributed by atoms with van der Waals surface area (Å²) in [6.07, 6.45) is 0.776. The summed E-state index contributed by atoms with van der Waals surface area (Å²) in [6.45, 7) is 2.73. The lowest BCUT2D eigenvalue weighted by Crippen LogP contribution is -2.55. The highest BCUT2D eigenvalue weighted by Crippen LogP contribution is 2.40. The van der Waals surface area contributed by atoms with E-state index in [-0.39, 0.29) is 23.2 Å². The Morgan fingerprint density at radius 3 is 2.28 bits per heavy atom. The number of rotatable bonds is 6. The van der Waals surface area contributed by atoms with Crippen molar-refractivity contribution in [2.75, 3.05) is 11.2 Å². The van der Waals surface area contributed by atoms with Crippen molar-refractivity contribution >= 4 is 21.4 Å². The maximum absolute atomic E-state index is 13.4. The molecule has 1 amide bonds. The SMILES string of the molecule is CC(C)(Oc1ccc(F)cc1C(F)(F)F)C(=O)NC1CC2CCC(C1)N2c1ccc(S(C)(=O)=O)nc1. The number of pyridine rings is 1. The molecule has 12 heteroatoms. The summed E-state index contributed by atoms with van der Waals surface area (Å²) in [5, 5.41) is 2.91. The number of sulfone groups is 1. The lowest BCUT2D eigenvalue weighted by Gasteiger charge is -2.41. The fourth-order valence-electron chi connectivity index (χ4n) is 4.95. The molecule has 196 valence electrons. The van der Waals surface area contributed by atoms with Crippen molar-refractivity contribution in [3.63, 3.8) is 0 Å². The minimum atomic E-state index is -4.84. The van der Waals surface area contributed by atoms with Crippen LogP contribution < -0.4 is 15.0 Å². The number of hydrogen-bond acceptors (Lipinski definition) is 6. The number of halogens is 4. The molecule has 0 radical (unpaired) electrons. The van der Waals surface area contributed by atoms with Gasteiger partial charge in [-0.1, -0.05) is 0 Å². The van der Waals surface area contributed by atoms with Crippen molar-refractivity contribution < 1.29 is 35.5 Å². The van der Waals surface area contributed by atoms with Crippen molar-refractivity contribution in [3.8, 4) is 5.75 Å². The van der Waals surface area contributed by atoms with Crippen LogP contribution in [-0.2, 0) is 20.8 Å². The van der Waals surface area contributed by atoms with Gasteiger partial charge in [0, 0.05) is 24.4 Å². The maximum atomic E-state index is 13.4. The second-order valence-electron chi connectivity index (χ2n) is 9.81. The van der Waals surface area contributed by atoms with Gasteiger partial charge >= 0.3 is 6.18 Å². The van der Waals surface area contributed by atoms with E-state index in [1.54, 1.807) is 12.3 Å². The van der Waals surface area contributed by atoms with Crippen LogP contribution in [-0.4, -0.2) is 49.3 Å². The van der Waals surface area contributed by atoms with E-state index in [4.69, 9.17) is 4.74 Å². The Balaban J connectivity index is 1.43. The zero-order valence-corrected chi connectivity index (χ0v) is 20.8. The van der Waals surface area contributed by atoms with E-state index < -0.39 is 44.7 Å². The van der Waals surface area contributed by atoms with E-state index in [1.807, 2.05) is 0 Å². The number of ether oxygens (including phenoxy) is 1. The Morgan fingerprint density at radius 1 is 1.11 bits per heavy atom. The third-order valence-electron chi connectivity index (χ3n) is 6.63. The summed E-state index contributed by atoms with van der Waals surface area (Å²) >= 11 is 0. The molecule has 2 aliphatic rings. The fraction of sp³-hybridized carbons (Fsp3) is 0.500. The van der Waals surface area contributed by atoms with Crippen molar-refractivity contribution in [2.24, 2.45) is 0 Å². The first-order chi connectivity index (χ1) is 16.6. The minimum absolute atomic E-state index is 0.00203. The Kier molecular flexibility index (Phi) is 6.69. The van der Waals surface area contributed by atoms with Gasteiger partial charge in [-0.05, 0) is 69.9 Å². The molecule has 2 bridgehead atoms. The first-order valence-corrected chi connectivity index (χ1v) is 13.4. The molecule has 7 nitrogen and oxygen atoms in total. The molecule has 36 heavy (non-hydrogen) atoms. The molecule has 1 aromatic carbocycles. The van der Waals surface area contributed by atoms with Crippen LogP contribution in [0, 0.1) is 5.82 Å². The van der Waals surface area contributed by atoms with Gasteiger partial charge in [-0.25, -0.2) is 17.8 Å². The number of hydrogen-bond donors (Lipinski definition) is 1. The van der Waals surface area contributed by atoms with Crippen LogP contribution in [0.25, 0.3) is 0 Å². The van der Waals surface area contributed by atoms with Gasteiger partial charge in [0.2, 0.25) is 0 Å². The fourth-order valence-corrected chi connectivity index (χ4v) is 5.51. The molecule has 1 N–H and O–H groups in total. The molecule has 1 aromatic heterocycles. The number of nitrogens with one attached hydrogen (secondary N) is 1. The molecule has 2 fully saturated rings. The van der Waals surface area contributed by atoms with E-state index in [0.717, 1.165) is 36.9 Å². The number of carbonyl (C=O) groups excluding carboxylic acids is 1. The summed E-state index contributed by atoms with van der Waals surface area (Å²) in [7, 11) is -3.40. The monoisotopic (exact) mass is 529 g/mol. The highest BCUT2D eigenvalue weighted by atomic mass is 32.2. The standard InChI is InChI=1S/C24H27F4N3O4S/c1-23(2,35-20-8-4-14(25)10-19(20)24(26,27)28)22(32)30-15-11-16-5-6-17(12-15)31(16)18-7-9-21(29-13-18)36(3,33)34/h4,7-10,13,15-17H,5-6,11-12H2,1-3H3,(H,30,32). The Labute approximate surface area is 206 Å². The van der Waals surface area contributed by atoms with Gasteiger partial charge in [0.15, 0.2) is 20.5 Å². The topological polar surface area (TPSA) is 88.6 Å². The number of piperidine rings is 1. The number of aromatic nitrogens is 1. The van der Waals surface area contributed by atoms with Crippen LogP contribution in [0.15, 0.2) is 41.6 Å². The smallest absolute Gasteiger partial charge is 0.420 e. The Morgan fingerprint density at radius 2 is 1.75 bits per heavy atom. The molecule has 3 heterocycles. The first-order valence-electron chi connectivity index (χ1n) is 11.5. The molecule has 2 saturated heterocycles.